The van der Waals surface area contributed by atoms with Gasteiger partial charge in [-0.25, -0.2) is 13.6 Å². The molecule has 0 saturated carbocycles. The van der Waals surface area contributed by atoms with Crippen LogP contribution in [0.1, 0.15) is 16.6 Å². The lowest BCUT2D eigenvalue weighted by molar-refractivity contribution is 0.100. The van der Waals surface area contributed by atoms with Crippen molar-refractivity contribution in [1.82, 2.24) is 4.57 Å². The maximum Gasteiger partial charge on any atom is 0.291 e. The number of nitrogens with zero attached hydrogens (tertiary/aromatic N) is 2. The summed E-state index contributed by atoms with van der Waals surface area (Å²) in [5, 5.41) is 6.45. The zero-order chi connectivity index (χ0) is 22.2. The molecule has 31 heavy (non-hydrogen) atoms. The van der Waals surface area contributed by atoms with Gasteiger partial charge in [-0.15, -0.1) is 11.3 Å². The van der Waals surface area contributed by atoms with Crippen molar-refractivity contribution in [1.29, 1.82) is 0 Å². The molecule has 0 bridgehead atoms. The number of fused-ring (bicyclic) bond motifs is 2. The molecule has 0 radical (unpaired) electrons. The van der Waals surface area contributed by atoms with E-state index in [4.69, 9.17) is 21.5 Å². The highest BCUT2D eigenvalue weighted by Gasteiger charge is 2.18. The molecule has 0 saturated heterocycles. The number of ether oxygens (including phenoxy) is 1. The van der Waals surface area contributed by atoms with Crippen LogP contribution in [0.3, 0.4) is 0 Å². The Kier molecular flexibility index (Phi) is 6.29. The fourth-order valence-electron chi connectivity index (χ4n) is 3.12. The van der Waals surface area contributed by atoms with E-state index in [1.807, 2.05) is 35.8 Å². The number of nitrogens with two attached hydrogens (primary N) is 1. The number of rotatable bonds is 6. The maximum absolute atomic E-state index is 13.0. The van der Waals surface area contributed by atoms with Gasteiger partial charge in [-0.2, -0.15) is 4.99 Å². The number of hydrogen-bond donors (Lipinski definition) is 1. The molecular weight excluding hydrogens is 478 g/mol. The number of sulfonamides is 1. The molecule has 4 rings (SSSR count). The second-order valence-electron chi connectivity index (χ2n) is 6.57. The van der Waals surface area contributed by atoms with Crippen LogP contribution in [0.4, 0.5) is 0 Å². The number of thiophene rings is 1. The predicted molar refractivity (Wildman–Crippen MR) is 124 cm³/mol. The van der Waals surface area contributed by atoms with Crippen LogP contribution in [0.15, 0.2) is 52.4 Å². The number of hydrogen-bond acceptors (Lipinski definition) is 6. The van der Waals surface area contributed by atoms with E-state index < -0.39 is 15.9 Å². The minimum atomic E-state index is -3.85. The van der Waals surface area contributed by atoms with Gasteiger partial charge in [0.05, 0.1) is 26.7 Å². The fourth-order valence-corrected chi connectivity index (χ4v) is 6.23. The minimum absolute atomic E-state index is 0.00337. The average molecular weight is 496 g/mol. The van der Waals surface area contributed by atoms with Crippen LogP contribution in [-0.2, 0) is 21.3 Å². The fraction of sp³-hybridized carbons (Fsp3) is 0.200. The molecule has 0 fully saturated rings. The zero-order valence-electron chi connectivity index (χ0n) is 16.4. The summed E-state index contributed by atoms with van der Waals surface area (Å²) >= 11 is 8.94. The van der Waals surface area contributed by atoms with E-state index in [-0.39, 0.29) is 4.90 Å². The van der Waals surface area contributed by atoms with Gasteiger partial charge in [0.25, 0.3) is 5.91 Å². The van der Waals surface area contributed by atoms with Crippen LogP contribution in [-0.4, -0.2) is 32.1 Å². The number of aromatic nitrogens is 1. The van der Waals surface area contributed by atoms with E-state index >= 15 is 0 Å². The Balaban J connectivity index is 1.85. The summed E-state index contributed by atoms with van der Waals surface area (Å²) in [7, 11) is -3.85. The number of benzene rings is 2. The zero-order valence-corrected chi connectivity index (χ0v) is 19.6. The van der Waals surface area contributed by atoms with Crippen molar-refractivity contribution in [3.8, 4) is 0 Å². The Hall–Kier alpha value is -2.08. The van der Waals surface area contributed by atoms with Gasteiger partial charge in [-0.05, 0) is 31.2 Å². The largest absolute Gasteiger partial charge is 0.380 e. The first-order chi connectivity index (χ1) is 14.8. The molecule has 11 heteroatoms. The van der Waals surface area contributed by atoms with Crippen LogP contribution in [0.25, 0.3) is 20.3 Å². The Labute approximate surface area is 191 Å². The number of thiazole rings is 1. The van der Waals surface area contributed by atoms with Crippen LogP contribution in [0.2, 0.25) is 5.02 Å². The summed E-state index contributed by atoms with van der Waals surface area (Å²) in [4.78, 5) is 18.1. The summed E-state index contributed by atoms with van der Waals surface area (Å²) in [5.41, 5.74) is 0.742. The lowest BCUT2D eigenvalue weighted by Gasteiger charge is -2.06. The normalized spacial score (nSPS) is 12.8. The molecule has 1 amide bonds. The molecule has 0 spiro atoms. The van der Waals surface area contributed by atoms with Crippen molar-refractivity contribution >= 4 is 70.5 Å². The SMILES string of the molecule is CCOCCn1c(=NC(=O)c2sc3ccccc3c2Cl)sc2cc(S(N)(=O)=O)ccc21. The molecule has 0 aliphatic rings. The monoisotopic (exact) mass is 495 g/mol. The van der Waals surface area contributed by atoms with E-state index in [2.05, 4.69) is 4.99 Å². The number of halogens is 1. The molecule has 2 N–H and O–H groups in total. The van der Waals surface area contributed by atoms with Crippen molar-refractivity contribution in [3.05, 3.63) is 57.2 Å². The van der Waals surface area contributed by atoms with Gasteiger partial charge in [0, 0.05) is 23.2 Å². The smallest absolute Gasteiger partial charge is 0.291 e. The van der Waals surface area contributed by atoms with Crippen molar-refractivity contribution in [2.45, 2.75) is 18.4 Å². The molecule has 4 aromatic rings. The summed E-state index contributed by atoms with van der Waals surface area (Å²) in [6.45, 7) is 3.33. The van der Waals surface area contributed by atoms with Gasteiger partial charge in [0.15, 0.2) is 4.80 Å². The summed E-state index contributed by atoms with van der Waals surface area (Å²) in [6.07, 6.45) is 0. The van der Waals surface area contributed by atoms with Crippen molar-refractivity contribution in [3.63, 3.8) is 0 Å². The molecule has 2 aromatic carbocycles. The molecule has 0 aliphatic carbocycles. The quantitative estimate of drug-likeness (QED) is 0.408. The predicted octanol–water partition coefficient (Wildman–Crippen LogP) is 4.00. The molecule has 162 valence electrons. The lowest BCUT2D eigenvalue weighted by atomic mass is 10.2. The highest BCUT2D eigenvalue weighted by molar-refractivity contribution is 7.89. The number of primary sulfonamides is 1. The van der Waals surface area contributed by atoms with Crippen LogP contribution in [0, 0.1) is 0 Å². The van der Waals surface area contributed by atoms with Gasteiger partial charge in [-0.3, -0.25) is 4.79 Å². The van der Waals surface area contributed by atoms with Gasteiger partial charge < -0.3 is 9.30 Å². The molecule has 0 atom stereocenters. The number of carbonyl (C=O) groups is 1. The first-order valence-corrected chi connectivity index (χ1v) is 12.9. The Morgan fingerprint density at radius 3 is 2.68 bits per heavy atom. The third kappa shape index (κ3) is 4.45. The van der Waals surface area contributed by atoms with E-state index in [1.54, 1.807) is 6.07 Å². The molecule has 7 nitrogen and oxygen atoms in total. The highest BCUT2D eigenvalue weighted by atomic mass is 35.5. The molecule has 2 heterocycles. The minimum Gasteiger partial charge on any atom is -0.380 e. The Morgan fingerprint density at radius 2 is 1.97 bits per heavy atom. The van der Waals surface area contributed by atoms with Gasteiger partial charge in [-0.1, -0.05) is 41.1 Å². The van der Waals surface area contributed by atoms with Gasteiger partial charge in [0.2, 0.25) is 10.0 Å². The van der Waals surface area contributed by atoms with Crippen molar-refractivity contribution in [2.24, 2.45) is 10.1 Å². The van der Waals surface area contributed by atoms with Crippen molar-refractivity contribution in [2.75, 3.05) is 13.2 Å². The molecular formula is C20H18ClN3O4S3. The third-order valence-electron chi connectivity index (χ3n) is 4.57. The molecule has 0 aliphatic heterocycles. The second kappa shape index (κ2) is 8.81. The van der Waals surface area contributed by atoms with Crippen LogP contribution >= 0.6 is 34.3 Å². The van der Waals surface area contributed by atoms with E-state index in [1.165, 1.54) is 34.8 Å². The first-order valence-electron chi connectivity index (χ1n) is 9.29. The first kappa shape index (κ1) is 22.1. The summed E-state index contributed by atoms with van der Waals surface area (Å²) in [6, 6.07) is 12.1. The molecule has 2 aromatic heterocycles. The maximum atomic E-state index is 13.0. The average Bonchev–Trinajstić information content (AvgIpc) is 3.25. The highest BCUT2D eigenvalue weighted by Crippen LogP contribution is 2.35. The van der Waals surface area contributed by atoms with Crippen LogP contribution in [0.5, 0.6) is 0 Å². The molecule has 0 unspecified atom stereocenters. The van der Waals surface area contributed by atoms with E-state index in [0.29, 0.717) is 39.2 Å². The van der Waals surface area contributed by atoms with Crippen LogP contribution < -0.4 is 9.94 Å². The Morgan fingerprint density at radius 1 is 1.19 bits per heavy atom. The standard InChI is InChI=1S/C20H18ClN3O4S3/c1-2-28-10-9-24-14-8-7-12(31(22,26)27)11-16(14)30-20(24)23-19(25)18-17(21)13-5-3-4-6-15(13)29-18/h3-8,11H,2,9-10H2,1H3,(H2,22,26,27). The number of carbonyl (C=O) groups excluding carboxylic acids is 1. The van der Waals surface area contributed by atoms with E-state index in [9.17, 15) is 13.2 Å². The van der Waals surface area contributed by atoms with Gasteiger partial charge >= 0.3 is 0 Å². The van der Waals surface area contributed by atoms with E-state index in [0.717, 1.165) is 15.6 Å². The third-order valence-corrected chi connectivity index (χ3v) is 8.19. The lowest BCUT2D eigenvalue weighted by Crippen LogP contribution is -2.19. The number of amides is 1. The summed E-state index contributed by atoms with van der Waals surface area (Å²) < 4.78 is 32.3. The topological polar surface area (TPSA) is 104 Å². The van der Waals surface area contributed by atoms with Gasteiger partial charge in [0.1, 0.15) is 4.88 Å². The Bertz CT molecular complexity index is 1470. The second-order valence-corrected chi connectivity index (χ2v) is 10.6. The van der Waals surface area contributed by atoms with Crippen molar-refractivity contribution < 1.29 is 17.9 Å². The summed E-state index contributed by atoms with van der Waals surface area (Å²) in [5.74, 6) is -0.449.